The summed E-state index contributed by atoms with van der Waals surface area (Å²) in [6.45, 7) is 4.23. The van der Waals surface area contributed by atoms with Crippen molar-refractivity contribution in [1.29, 1.82) is 0 Å². The third-order valence-electron chi connectivity index (χ3n) is 14.9. The predicted octanol–water partition coefficient (Wildman–Crippen LogP) is 4.46. The first kappa shape index (κ1) is 50.1. The second-order valence-electron chi connectivity index (χ2n) is 19.6. The molecule has 74 heavy (non-hydrogen) atoms. The Hall–Kier alpha value is -7.50. The summed E-state index contributed by atoms with van der Waals surface area (Å²) in [5.41, 5.74) is 8.35. The molecule has 4 aliphatic heterocycles. The number of imide groups is 1. The number of anilines is 3. The summed E-state index contributed by atoms with van der Waals surface area (Å²) >= 11 is 0. The summed E-state index contributed by atoms with van der Waals surface area (Å²) < 4.78 is 41.8. The van der Waals surface area contributed by atoms with E-state index in [2.05, 4.69) is 46.0 Å². The fourth-order valence-corrected chi connectivity index (χ4v) is 10.7. The number of piperazine rings is 1. The van der Waals surface area contributed by atoms with E-state index in [1.165, 1.54) is 0 Å². The molecule has 6 amide bonds. The molecule has 7 N–H and O–H groups in total. The van der Waals surface area contributed by atoms with Crippen LogP contribution in [0.3, 0.4) is 0 Å². The monoisotopic (exact) mass is 1020 g/mol. The molecule has 20 nitrogen and oxygen atoms in total. The number of hydrogen-bond acceptors (Lipinski definition) is 14. The lowest BCUT2D eigenvalue weighted by molar-refractivity contribution is -0.137. The molecule has 4 aromatic heterocycles. The summed E-state index contributed by atoms with van der Waals surface area (Å²) in [4.78, 5) is 85.7. The van der Waals surface area contributed by atoms with Crippen LogP contribution >= 0.6 is 0 Å². The number of nitrogen functional groups attached to an aromatic ring is 1. The number of halogens is 3. The van der Waals surface area contributed by atoms with Gasteiger partial charge in [0.15, 0.2) is 0 Å². The van der Waals surface area contributed by atoms with E-state index in [4.69, 9.17) is 10.8 Å². The van der Waals surface area contributed by atoms with Crippen LogP contribution in [0.25, 0.3) is 28.2 Å². The van der Waals surface area contributed by atoms with Gasteiger partial charge in [-0.1, -0.05) is 24.3 Å². The fraction of sp³-hybridized carbons (Fsp3) is 0.431. The number of nitrogens with one attached hydrogen (secondary N) is 4. The van der Waals surface area contributed by atoms with Crippen molar-refractivity contribution in [3.63, 3.8) is 0 Å². The Morgan fingerprint density at radius 3 is 2.43 bits per heavy atom. The number of piperidine rings is 1. The molecular weight excluding hydrogens is 962 g/mol. The maximum Gasteiger partial charge on any atom is 0.416 e. The quantitative estimate of drug-likeness (QED) is 0.112. The van der Waals surface area contributed by atoms with E-state index in [-0.39, 0.29) is 60.0 Å². The molecule has 5 aliphatic rings. The summed E-state index contributed by atoms with van der Waals surface area (Å²) in [6.07, 6.45) is 7.30. The van der Waals surface area contributed by atoms with Crippen LogP contribution in [0.4, 0.5) is 35.4 Å². The Kier molecular flexibility index (Phi) is 14.1. The van der Waals surface area contributed by atoms with Gasteiger partial charge in [0.25, 0.3) is 11.8 Å². The molecule has 1 spiro atoms. The van der Waals surface area contributed by atoms with E-state index in [0.29, 0.717) is 100 Å². The van der Waals surface area contributed by atoms with Crippen molar-refractivity contribution in [2.24, 2.45) is 0 Å². The van der Waals surface area contributed by atoms with E-state index < -0.39 is 35.4 Å². The Morgan fingerprint density at radius 2 is 1.72 bits per heavy atom. The summed E-state index contributed by atoms with van der Waals surface area (Å²) in [5.74, 6) is -0.554. The maximum absolute atomic E-state index is 13.9. The van der Waals surface area contributed by atoms with Crippen LogP contribution in [0.15, 0.2) is 73.2 Å². The molecular formula is C51H57F3N14O6. The van der Waals surface area contributed by atoms with E-state index in [1.54, 1.807) is 41.6 Å². The molecule has 388 valence electrons. The first-order valence-corrected chi connectivity index (χ1v) is 25.0. The number of aromatic nitrogens is 5. The van der Waals surface area contributed by atoms with E-state index >= 15 is 0 Å². The van der Waals surface area contributed by atoms with Gasteiger partial charge in [-0.2, -0.15) is 18.3 Å². The van der Waals surface area contributed by atoms with E-state index in [0.717, 1.165) is 54.5 Å². The number of carbonyl (C=O) groups excluding carboxylic acids is 5. The summed E-state index contributed by atoms with van der Waals surface area (Å²) in [5, 5.41) is 27.8. The van der Waals surface area contributed by atoms with Crippen LogP contribution < -0.4 is 31.9 Å². The Labute approximate surface area is 423 Å². The number of fused-ring (bicyclic) bond motifs is 3. The Morgan fingerprint density at radius 1 is 0.932 bits per heavy atom. The molecule has 1 aliphatic carbocycles. The van der Waals surface area contributed by atoms with Crippen molar-refractivity contribution < 1.29 is 42.3 Å². The van der Waals surface area contributed by atoms with Gasteiger partial charge in [0, 0.05) is 106 Å². The summed E-state index contributed by atoms with van der Waals surface area (Å²) in [6, 6.07) is 11.0. The van der Waals surface area contributed by atoms with Crippen molar-refractivity contribution >= 4 is 64.1 Å². The Balaban J connectivity index is 0.768. The van der Waals surface area contributed by atoms with Gasteiger partial charge in [0.1, 0.15) is 34.9 Å². The third kappa shape index (κ3) is 10.6. The predicted molar refractivity (Wildman–Crippen MR) is 267 cm³/mol. The van der Waals surface area contributed by atoms with Crippen molar-refractivity contribution in [2.45, 2.75) is 81.4 Å². The molecule has 2 bridgehead atoms. The first-order chi connectivity index (χ1) is 35.6. The zero-order chi connectivity index (χ0) is 51.7. The SMILES string of the molecule is Nc1ncc2c3c1c(-c1ccc(C(=O)Nc4cc(C(F)(F)F)ccn4)cc1)nn3[C@@H]1CCC[C@H](C1)NC(=O)CN(C(=O)CCN1CCN(C(O)c3ccc(N4CCC5(CC4)NC(=O)NC5=O)nc3)CC1)CC/C=C/2. The highest BCUT2D eigenvalue weighted by Crippen LogP contribution is 2.39. The average molecular weight is 1020 g/mol. The number of pyridine rings is 3. The smallest absolute Gasteiger partial charge is 0.383 e. The third-order valence-corrected chi connectivity index (χ3v) is 14.9. The Bertz CT molecular complexity index is 2970. The molecule has 3 saturated heterocycles. The maximum atomic E-state index is 13.9. The molecule has 8 heterocycles. The number of aliphatic hydroxyl groups excluding tert-OH is 1. The molecule has 1 unspecified atom stereocenters. The van der Waals surface area contributed by atoms with Crippen LogP contribution in [0.5, 0.6) is 0 Å². The highest BCUT2D eigenvalue weighted by Gasteiger charge is 2.48. The number of hydrogen-bond donors (Lipinski definition) is 6. The van der Waals surface area contributed by atoms with Crippen molar-refractivity contribution in [2.75, 3.05) is 74.9 Å². The van der Waals surface area contributed by atoms with Gasteiger partial charge >= 0.3 is 12.2 Å². The van der Waals surface area contributed by atoms with Gasteiger partial charge in [-0.05, 0) is 81.3 Å². The van der Waals surface area contributed by atoms with Gasteiger partial charge < -0.3 is 41.5 Å². The topological polar surface area (TPSA) is 249 Å². The minimum absolute atomic E-state index is 0.0795. The number of amides is 6. The number of urea groups is 1. The normalized spacial score (nSPS) is 21.6. The lowest BCUT2D eigenvalue weighted by Crippen LogP contribution is -2.55. The van der Waals surface area contributed by atoms with E-state index in [1.807, 2.05) is 33.9 Å². The number of aliphatic hydroxyl groups is 1. The minimum atomic E-state index is -4.60. The first-order valence-electron chi connectivity index (χ1n) is 25.0. The van der Waals surface area contributed by atoms with Crippen LogP contribution in [0.2, 0.25) is 0 Å². The zero-order valence-electron chi connectivity index (χ0n) is 40.5. The molecule has 3 atom stereocenters. The summed E-state index contributed by atoms with van der Waals surface area (Å²) in [7, 11) is 0. The lowest BCUT2D eigenvalue weighted by atomic mass is 9.88. The molecule has 1 saturated carbocycles. The lowest BCUT2D eigenvalue weighted by Gasteiger charge is -2.38. The second kappa shape index (κ2) is 20.8. The zero-order valence-corrected chi connectivity index (χ0v) is 40.5. The van der Waals surface area contributed by atoms with Crippen molar-refractivity contribution in [3.8, 4) is 11.3 Å². The highest BCUT2D eigenvalue weighted by atomic mass is 19.4. The number of nitrogens with two attached hydrogens (primary N) is 1. The number of nitrogens with zero attached hydrogens (tertiary/aromatic N) is 9. The van der Waals surface area contributed by atoms with Gasteiger partial charge in [-0.3, -0.25) is 34.1 Å². The number of benzene rings is 1. The number of rotatable bonds is 9. The fourth-order valence-electron chi connectivity index (χ4n) is 10.7. The largest absolute Gasteiger partial charge is 0.416 e. The van der Waals surface area contributed by atoms with Gasteiger partial charge in [0.2, 0.25) is 11.8 Å². The van der Waals surface area contributed by atoms with E-state index in [9.17, 15) is 42.3 Å². The molecule has 5 aromatic rings. The van der Waals surface area contributed by atoms with Crippen molar-refractivity contribution in [3.05, 3.63) is 95.5 Å². The van der Waals surface area contributed by atoms with Crippen LogP contribution in [-0.2, 0) is 20.6 Å². The van der Waals surface area contributed by atoms with Crippen LogP contribution in [0.1, 0.15) is 90.7 Å². The van der Waals surface area contributed by atoms with Gasteiger partial charge in [0.05, 0.1) is 29.1 Å². The van der Waals surface area contributed by atoms with Crippen LogP contribution in [-0.4, -0.2) is 145 Å². The van der Waals surface area contributed by atoms with Gasteiger partial charge in [-0.25, -0.2) is 19.7 Å². The van der Waals surface area contributed by atoms with Crippen molar-refractivity contribution in [1.82, 2.24) is 55.4 Å². The average Bonchev–Trinajstić information content (AvgIpc) is 3.94. The standard InChI is InChI=1S/C51H57F3N14O6/c52-51(53,54)35-13-17-56-38(26-35)60-46(71)32-9-7-31(8-10-32)43-42-44-33(28-58-45(42)55)4-1-2-18-67(30-40(69)59-36-5-3-6-37(27-36)68(44)63-43)41(70)14-19-64-22-24-66(25-23-64)47(72)34-11-12-39(57-29-34)65-20-15-50(16-21-65)48(73)61-49(74)62-50/h1,4,7-13,17,26,28-29,36-37,47,72H,2-3,5-6,14-16,18-25,27,30H2,(H2,55,58)(H,59,69)(H,56,60,71)(H2,61,62,73,74)/b4-1+/t36-,37-,47?/m1/s1. The molecule has 23 heteroatoms. The number of alkyl halides is 3. The highest BCUT2D eigenvalue weighted by molar-refractivity contribution is 6.07. The molecule has 1 aromatic carbocycles. The second-order valence-corrected chi connectivity index (χ2v) is 19.6. The minimum Gasteiger partial charge on any atom is -0.383 e. The molecule has 0 radical (unpaired) electrons. The number of carbonyl (C=O) groups is 5. The molecule has 4 fully saturated rings. The molecule has 10 rings (SSSR count). The van der Waals surface area contributed by atoms with Gasteiger partial charge in [-0.15, -0.1) is 0 Å². The van der Waals surface area contributed by atoms with Crippen LogP contribution in [0, 0.1) is 0 Å².